The number of amides is 1. The zero-order valence-electron chi connectivity index (χ0n) is 7.41. The van der Waals surface area contributed by atoms with E-state index < -0.39 is 12.2 Å². The number of carbonyl (C=O) groups is 1. The maximum Gasteiger partial charge on any atom is 0.274 e. The number of ether oxygens (including phenoxy) is 3. The van der Waals surface area contributed by atoms with Gasteiger partial charge in [-0.3, -0.25) is 4.79 Å². The Bertz CT molecular complexity index is 129. The summed E-state index contributed by atoms with van der Waals surface area (Å²) >= 11 is 0. The second-order valence-electron chi connectivity index (χ2n) is 2.05. The number of nitrogens with two attached hydrogens (primary N) is 1. The molecule has 0 aromatic carbocycles. The summed E-state index contributed by atoms with van der Waals surface area (Å²) in [6, 6.07) is 0. The molecule has 5 heteroatoms. The molecule has 0 radical (unpaired) electrons. The van der Waals surface area contributed by atoms with Crippen molar-refractivity contribution in [1.29, 1.82) is 0 Å². The number of rotatable bonds is 7. The van der Waals surface area contributed by atoms with Gasteiger partial charge in [-0.15, -0.1) is 0 Å². The molecule has 0 saturated heterocycles. The summed E-state index contributed by atoms with van der Waals surface area (Å²) in [6.45, 7) is 2.86. The van der Waals surface area contributed by atoms with E-state index >= 15 is 0 Å². The van der Waals surface area contributed by atoms with Crippen molar-refractivity contribution in [3.63, 3.8) is 0 Å². The molecular formula is C7H15NO4. The van der Waals surface area contributed by atoms with Gasteiger partial charge in [0.1, 0.15) is 0 Å². The van der Waals surface area contributed by atoms with Gasteiger partial charge in [0.25, 0.3) is 5.91 Å². The predicted octanol–water partition coefficient (Wildman–Crippen LogP) is -0.503. The van der Waals surface area contributed by atoms with Crippen LogP contribution in [0.1, 0.15) is 6.92 Å². The molecule has 0 heterocycles. The first-order valence-corrected chi connectivity index (χ1v) is 3.73. The molecular weight excluding hydrogens is 162 g/mol. The summed E-state index contributed by atoms with van der Waals surface area (Å²) < 4.78 is 14.6. The Morgan fingerprint density at radius 2 is 2.08 bits per heavy atom. The van der Waals surface area contributed by atoms with Crippen molar-refractivity contribution in [2.45, 2.75) is 13.2 Å². The fraction of sp³-hybridized carbons (Fsp3) is 0.857. The lowest BCUT2D eigenvalue weighted by molar-refractivity contribution is -0.170. The van der Waals surface area contributed by atoms with Crippen LogP contribution in [0.2, 0.25) is 0 Å². The molecule has 0 aromatic rings. The van der Waals surface area contributed by atoms with Gasteiger partial charge in [0.05, 0.1) is 13.2 Å². The Morgan fingerprint density at radius 1 is 1.42 bits per heavy atom. The molecule has 1 amide bonds. The highest BCUT2D eigenvalue weighted by molar-refractivity contribution is 5.77. The SMILES string of the molecule is CCOC(OCCOC)C(N)=O. The Hall–Kier alpha value is -0.650. The molecule has 1 atom stereocenters. The summed E-state index contributed by atoms with van der Waals surface area (Å²) in [7, 11) is 1.54. The Balaban J connectivity index is 3.56. The van der Waals surface area contributed by atoms with E-state index in [1.54, 1.807) is 14.0 Å². The van der Waals surface area contributed by atoms with Crippen molar-refractivity contribution in [3.8, 4) is 0 Å². The molecule has 0 aromatic heterocycles. The summed E-state index contributed by atoms with van der Waals surface area (Å²) in [5.41, 5.74) is 4.98. The quantitative estimate of drug-likeness (QED) is 0.420. The molecule has 0 rings (SSSR count). The topological polar surface area (TPSA) is 70.8 Å². The Kier molecular flexibility index (Phi) is 6.64. The van der Waals surface area contributed by atoms with Gasteiger partial charge in [-0.05, 0) is 6.92 Å². The van der Waals surface area contributed by atoms with Crippen LogP contribution in [-0.2, 0) is 19.0 Å². The molecule has 1 unspecified atom stereocenters. The number of carbonyl (C=O) groups excluding carboxylic acids is 1. The van der Waals surface area contributed by atoms with Crippen molar-refractivity contribution in [2.75, 3.05) is 26.9 Å². The largest absolute Gasteiger partial charge is 0.382 e. The average Bonchev–Trinajstić information content (AvgIpc) is 2.03. The highest BCUT2D eigenvalue weighted by Gasteiger charge is 2.14. The van der Waals surface area contributed by atoms with E-state index in [1.165, 1.54) is 0 Å². The van der Waals surface area contributed by atoms with Crippen LogP contribution in [0.3, 0.4) is 0 Å². The molecule has 0 aliphatic heterocycles. The molecule has 0 aliphatic carbocycles. The average molecular weight is 177 g/mol. The number of hydrogen-bond donors (Lipinski definition) is 1. The van der Waals surface area contributed by atoms with E-state index in [4.69, 9.17) is 19.9 Å². The Morgan fingerprint density at radius 3 is 2.50 bits per heavy atom. The van der Waals surface area contributed by atoms with Gasteiger partial charge in [-0.1, -0.05) is 0 Å². The van der Waals surface area contributed by atoms with Crippen LogP contribution >= 0.6 is 0 Å². The molecule has 0 saturated carbocycles. The van der Waals surface area contributed by atoms with E-state index in [-0.39, 0.29) is 0 Å². The third-order valence-electron chi connectivity index (χ3n) is 1.11. The molecule has 5 nitrogen and oxygen atoms in total. The van der Waals surface area contributed by atoms with Crippen LogP contribution in [0, 0.1) is 0 Å². The second-order valence-corrected chi connectivity index (χ2v) is 2.05. The zero-order chi connectivity index (χ0) is 9.40. The lowest BCUT2D eigenvalue weighted by atomic mass is 10.6. The highest BCUT2D eigenvalue weighted by atomic mass is 16.7. The van der Waals surface area contributed by atoms with Crippen molar-refractivity contribution >= 4 is 5.91 Å². The van der Waals surface area contributed by atoms with Crippen LogP contribution in [0.4, 0.5) is 0 Å². The maximum atomic E-state index is 10.6. The van der Waals surface area contributed by atoms with E-state index in [9.17, 15) is 4.79 Å². The van der Waals surface area contributed by atoms with E-state index in [0.717, 1.165) is 0 Å². The molecule has 2 N–H and O–H groups in total. The summed E-state index contributed by atoms with van der Waals surface area (Å²) in [5, 5.41) is 0. The number of methoxy groups -OCH3 is 1. The summed E-state index contributed by atoms with van der Waals surface area (Å²) in [5.74, 6) is -0.618. The minimum atomic E-state index is -0.954. The van der Waals surface area contributed by atoms with Gasteiger partial charge in [-0.25, -0.2) is 0 Å². The predicted molar refractivity (Wildman–Crippen MR) is 42.4 cm³/mol. The monoisotopic (exact) mass is 177 g/mol. The molecule has 0 spiro atoms. The number of hydrogen-bond acceptors (Lipinski definition) is 4. The van der Waals surface area contributed by atoms with Gasteiger partial charge in [0, 0.05) is 13.7 Å². The van der Waals surface area contributed by atoms with Crippen LogP contribution in [0.25, 0.3) is 0 Å². The smallest absolute Gasteiger partial charge is 0.274 e. The van der Waals surface area contributed by atoms with E-state index in [2.05, 4.69) is 0 Å². The van der Waals surface area contributed by atoms with Gasteiger partial charge in [0.2, 0.25) is 6.29 Å². The van der Waals surface area contributed by atoms with Gasteiger partial charge < -0.3 is 19.9 Å². The first-order chi connectivity index (χ1) is 5.72. The van der Waals surface area contributed by atoms with Gasteiger partial charge in [-0.2, -0.15) is 0 Å². The third kappa shape index (κ3) is 5.06. The first-order valence-electron chi connectivity index (χ1n) is 3.73. The lowest BCUT2D eigenvalue weighted by Gasteiger charge is -2.13. The minimum absolute atomic E-state index is 0.296. The highest BCUT2D eigenvalue weighted by Crippen LogP contribution is 1.93. The van der Waals surface area contributed by atoms with E-state index in [1.807, 2.05) is 0 Å². The Labute approximate surface area is 71.8 Å². The standard InChI is InChI=1S/C7H15NO4/c1-3-11-7(6(8)9)12-5-4-10-2/h7H,3-5H2,1-2H3,(H2,8,9). The fourth-order valence-electron chi connectivity index (χ4n) is 0.602. The lowest BCUT2D eigenvalue weighted by Crippen LogP contribution is -2.34. The molecule has 0 fully saturated rings. The van der Waals surface area contributed by atoms with Crippen molar-refractivity contribution < 1.29 is 19.0 Å². The fourth-order valence-corrected chi connectivity index (χ4v) is 0.602. The minimum Gasteiger partial charge on any atom is -0.382 e. The van der Waals surface area contributed by atoms with Crippen molar-refractivity contribution in [2.24, 2.45) is 5.73 Å². The van der Waals surface area contributed by atoms with Crippen molar-refractivity contribution in [1.82, 2.24) is 0 Å². The number of primary amides is 1. The van der Waals surface area contributed by atoms with Crippen LogP contribution in [0.15, 0.2) is 0 Å². The first kappa shape index (κ1) is 11.4. The molecule has 72 valence electrons. The van der Waals surface area contributed by atoms with Gasteiger partial charge >= 0.3 is 0 Å². The second kappa shape index (κ2) is 7.02. The maximum absolute atomic E-state index is 10.6. The molecule has 0 aliphatic rings. The van der Waals surface area contributed by atoms with E-state index in [0.29, 0.717) is 19.8 Å². The summed E-state index contributed by atoms with van der Waals surface area (Å²) in [4.78, 5) is 10.6. The van der Waals surface area contributed by atoms with Crippen molar-refractivity contribution in [3.05, 3.63) is 0 Å². The summed E-state index contributed by atoms with van der Waals surface area (Å²) in [6.07, 6.45) is -0.954. The van der Waals surface area contributed by atoms with Crippen LogP contribution < -0.4 is 5.73 Å². The zero-order valence-corrected chi connectivity index (χ0v) is 7.41. The normalized spacial score (nSPS) is 12.8. The van der Waals surface area contributed by atoms with Crippen LogP contribution in [-0.4, -0.2) is 39.1 Å². The van der Waals surface area contributed by atoms with Crippen LogP contribution in [0.5, 0.6) is 0 Å². The molecule has 0 bridgehead atoms. The third-order valence-corrected chi connectivity index (χ3v) is 1.11. The van der Waals surface area contributed by atoms with Gasteiger partial charge in [0.15, 0.2) is 0 Å². The molecule has 12 heavy (non-hydrogen) atoms.